The molecule has 1 aromatic heterocycles. The average Bonchev–Trinajstić information content (AvgIpc) is 3.35. The summed E-state index contributed by atoms with van der Waals surface area (Å²) in [7, 11) is 0. The minimum absolute atomic E-state index is 0.0307. The Hall–Kier alpha value is -2.24. The van der Waals surface area contributed by atoms with Crippen molar-refractivity contribution in [2.45, 2.75) is 69.5 Å². The Bertz CT molecular complexity index is 926. The van der Waals surface area contributed by atoms with Crippen LogP contribution in [0.2, 0.25) is 0 Å². The van der Waals surface area contributed by atoms with E-state index in [9.17, 15) is 9.18 Å². The van der Waals surface area contributed by atoms with Crippen molar-refractivity contribution in [3.05, 3.63) is 42.1 Å². The molecular formula is C24H29F2N3O. The second-order valence-electron chi connectivity index (χ2n) is 9.25. The Morgan fingerprint density at radius 1 is 1.17 bits per heavy atom. The SMILES string of the molecule is O=C(C1CCC(F)(CCC2c3c(F)cccc3-c3cncn32)CC1)N1CCCCC1. The molecule has 160 valence electrons. The summed E-state index contributed by atoms with van der Waals surface area (Å²) in [5, 5.41) is 0. The van der Waals surface area contributed by atoms with E-state index in [1.165, 1.54) is 12.5 Å². The number of hydrogen-bond donors (Lipinski definition) is 0. The van der Waals surface area contributed by atoms with Gasteiger partial charge in [0.2, 0.25) is 5.91 Å². The number of piperidine rings is 1. The zero-order valence-corrected chi connectivity index (χ0v) is 17.3. The zero-order chi connectivity index (χ0) is 20.7. The molecule has 0 bridgehead atoms. The summed E-state index contributed by atoms with van der Waals surface area (Å²) in [6.45, 7) is 1.71. The first-order chi connectivity index (χ1) is 14.6. The Kier molecular flexibility index (Phi) is 5.11. The first-order valence-electron chi connectivity index (χ1n) is 11.3. The first-order valence-corrected chi connectivity index (χ1v) is 11.3. The van der Waals surface area contributed by atoms with Gasteiger partial charge >= 0.3 is 0 Å². The Labute approximate surface area is 176 Å². The predicted octanol–water partition coefficient (Wildman–Crippen LogP) is 5.28. The van der Waals surface area contributed by atoms with Crippen LogP contribution in [-0.4, -0.2) is 39.1 Å². The lowest BCUT2D eigenvalue weighted by atomic mass is 9.76. The number of nitrogens with zero attached hydrogens (tertiary/aromatic N) is 3. The van der Waals surface area contributed by atoms with Gasteiger partial charge in [0.05, 0.1) is 24.3 Å². The van der Waals surface area contributed by atoms with Crippen molar-refractivity contribution in [1.82, 2.24) is 14.5 Å². The van der Waals surface area contributed by atoms with Crippen LogP contribution in [0.3, 0.4) is 0 Å². The molecule has 1 atom stereocenters. The second kappa shape index (κ2) is 7.78. The van der Waals surface area contributed by atoms with Crippen LogP contribution >= 0.6 is 0 Å². The number of amides is 1. The number of rotatable bonds is 4. The molecule has 1 amide bonds. The predicted molar refractivity (Wildman–Crippen MR) is 111 cm³/mol. The summed E-state index contributed by atoms with van der Waals surface area (Å²) >= 11 is 0. The fraction of sp³-hybridized carbons (Fsp3) is 0.583. The smallest absolute Gasteiger partial charge is 0.225 e. The molecule has 4 nitrogen and oxygen atoms in total. The molecule has 2 fully saturated rings. The Morgan fingerprint density at radius 2 is 1.93 bits per heavy atom. The highest BCUT2D eigenvalue weighted by atomic mass is 19.1. The molecule has 2 aromatic rings. The van der Waals surface area contributed by atoms with Crippen LogP contribution in [0, 0.1) is 11.7 Å². The highest BCUT2D eigenvalue weighted by molar-refractivity contribution is 5.79. The number of carbonyl (C=O) groups excluding carboxylic acids is 1. The third-order valence-corrected chi connectivity index (χ3v) is 7.43. The van der Waals surface area contributed by atoms with Crippen LogP contribution in [0.1, 0.15) is 69.4 Å². The fourth-order valence-corrected chi connectivity index (χ4v) is 5.68. The molecule has 1 saturated carbocycles. The summed E-state index contributed by atoms with van der Waals surface area (Å²) in [6.07, 6.45) is 9.85. The highest BCUT2D eigenvalue weighted by Gasteiger charge is 2.40. The van der Waals surface area contributed by atoms with Crippen molar-refractivity contribution in [3.8, 4) is 11.3 Å². The number of aromatic nitrogens is 2. The molecule has 6 heteroatoms. The van der Waals surface area contributed by atoms with Gasteiger partial charge in [-0.2, -0.15) is 0 Å². The standard InChI is InChI=1S/C24H29F2N3O/c25-19-6-4-5-18-21-15-27-16-29(21)20(22(18)19)9-12-24(26)10-7-17(8-11-24)23(30)28-13-2-1-3-14-28/h4-6,15-17,20H,1-3,7-14H2. The van der Waals surface area contributed by atoms with E-state index < -0.39 is 5.67 Å². The molecule has 0 radical (unpaired) electrons. The Balaban J connectivity index is 1.23. The highest BCUT2D eigenvalue weighted by Crippen LogP contribution is 2.46. The van der Waals surface area contributed by atoms with Gasteiger partial charge in [0.25, 0.3) is 0 Å². The van der Waals surface area contributed by atoms with Crippen LogP contribution in [0.15, 0.2) is 30.7 Å². The molecule has 1 saturated heterocycles. The number of alkyl halides is 1. The van der Waals surface area contributed by atoms with Crippen LogP contribution in [0.5, 0.6) is 0 Å². The molecule has 0 N–H and O–H groups in total. The monoisotopic (exact) mass is 413 g/mol. The first kappa shape index (κ1) is 19.7. The molecule has 3 aliphatic rings. The second-order valence-corrected chi connectivity index (χ2v) is 9.25. The van der Waals surface area contributed by atoms with E-state index in [4.69, 9.17) is 0 Å². The van der Waals surface area contributed by atoms with Gasteiger partial charge in [-0.05, 0) is 63.9 Å². The normalized spacial score (nSPS) is 28.3. The maximum Gasteiger partial charge on any atom is 0.225 e. The van der Waals surface area contributed by atoms with E-state index in [1.54, 1.807) is 18.6 Å². The number of likely N-dealkylation sites (tertiary alicyclic amines) is 1. The van der Waals surface area contributed by atoms with Crippen molar-refractivity contribution in [2.24, 2.45) is 5.92 Å². The number of halogens is 2. The summed E-state index contributed by atoms with van der Waals surface area (Å²) in [5.74, 6) is -0.0339. The van der Waals surface area contributed by atoms with E-state index in [1.807, 2.05) is 15.5 Å². The maximum atomic E-state index is 15.6. The lowest BCUT2D eigenvalue weighted by molar-refractivity contribution is -0.138. The molecular weight excluding hydrogens is 384 g/mol. The van der Waals surface area contributed by atoms with Gasteiger partial charge in [-0.3, -0.25) is 4.79 Å². The van der Waals surface area contributed by atoms with Gasteiger partial charge in [-0.1, -0.05) is 12.1 Å². The summed E-state index contributed by atoms with van der Waals surface area (Å²) in [5.41, 5.74) is 1.15. The van der Waals surface area contributed by atoms with Gasteiger partial charge in [0, 0.05) is 30.1 Å². The van der Waals surface area contributed by atoms with Crippen LogP contribution in [-0.2, 0) is 4.79 Å². The van der Waals surface area contributed by atoms with E-state index in [0.29, 0.717) is 44.1 Å². The number of imidazole rings is 1. The Morgan fingerprint density at radius 3 is 2.70 bits per heavy atom. The van der Waals surface area contributed by atoms with Gasteiger partial charge in [-0.15, -0.1) is 0 Å². The summed E-state index contributed by atoms with van der Waals surface area (Å²) < 4.78 is 32.2. The molecule has 2 aliphatic heterocycles. The zero-order valence-electron chi connectivity index (χ0n) is 17.3. The van der Waals surface area contributed by atoms with E-state index in [-0.39, 0.29) is 23.7 Å². The van der Waals surface area contributed by atoms with Crippen molar-refractivity contribution in [2.75, 3.05) is 13.1 Å². The third-order valence-electron chi connectivity index (χ3n) is 7.43. The maximum absolute atomic E-state index is 15.6. The molecule has 1 aromatic carbocycles. The van der Waals surface area contributed by atoms with Crippen LogP contribution in [0.4, 0.5) is 8.78 Å². The van der Waals surface area contributed by atoms with Crippen molar-refractivity contribution in [3.63, 3.8) is 0 Å². The molecule has 1 aliphatic carbocycles. The minimum atomic E-state index is -1.27. The number of fused-ring (bicyclic) bond motifs is 3. The van der Waals surface area contributed by atoms with E-state index >= 15 is 4.39 Å². The van der Waals surface area contributed by atoms with Gasteiger partial charge in [0.1, 0.15) is 11.5 Å². The summed E-state index contributed by atoms with van der Waals surface area (Å²) in [4.78, 5) is 19.0. The van der Waals surface area contributed by atoms with Crippen LogP contribution < -0.4 is 0 Å². The molecule has 30 heavy (non-hydrogen) atoms. The van der Waals surface area contributed by atoms with Gasteiger partial charge in [0.15, 0.2) is 0 Å². The summed E-state index contributed by atoms with van der Waals surface area (Å²) in [6, 6.07) is 4.90. The molecule has 1 unspecified atom stereocenters. The minimum Gasteiger partial charge on any atom is -0.342 e. The van der Waals surface area contributed by atoms with Crippen molar-refractivity contribution < 1.29 is 13.6 Å². The van der Waals surface area contributed by atoms with Gasteiger partial charge in [-0.25, -0.2) is 13.8 Å². The molecule has 0 spiro atoms. The van der Waals surface area contributed by atoms with Crippen molar-refractivity contribution in [1.29, 1.82) is 0 Å². The number of carbonyl (C=O) groups is 1. The van der Waals surface area contributed by atoms with Crippen LogP contribution in [0.25, 0.3) is 11.3 Å². The van der Waals surface area contributed by atoms with E-state index in [2.05, 4.69) is 4.98 Å². The number of hydrogen-bond acceptors (Lipinski definition) is 2. The quantitative estimate of drug-likeness (QED) is 0.684. The topological polar surface area (TPSA) is 38.1 Å². The fourth-order valence-electron chi connectivity index (χ4n) is 5.68. The number of benzene rings is 1. The third kappa shape index (κ3) is 3.44. The largest absolute Gasteiger partial charge is 0.342 e. The lowest BCUT2D eigenvalue weighted by Crippen LogP contribution is -2.42. The lowest BCUT2D eigenvalue weighted by Gasteiger charge is -2.37. The average molecular weight is 414 g/mol. The van der Waals surface area contributed by atoms with E-state index in [0.717, 1.165) is 37.2 Å². The molecule has 5 rings (SSSR count). The van der Waals surface area contributed by atoms with Gasteiger partial charge < -0.3 is 9.47 Å². The molecule has 3 heterocycles. The van der Waals surface area contributed by atoms with Crippen molar-refractivity contribution >= 4 is 5.91 Å².